The summed E-state index contributed by atoms with van der Waals surface area (Å²) in [4.78, 5) is 0. The van der Waals surface area contributed by atoms with E-state index in [1.54, 1.807) is 18.3 Å². The molecule has 0 radical (unpaired) electrons. The first kappa shape index (κ1) is 11.8. The van der Waals surface area contributed by atoms with Gasteiger partial charge in [-0.3, -0.25) is 5.10 Å². The molecule has 0 spiro atoms. The van der Waals surface area contributed by atoms with E-state index in [2.05, 4.69) is 15.5 Å². The summed E-state index contributed by atoms with van der Waals surface area (Å²) >= 11 is 5.85. The van der Waals surface area contributed by atoms with Crippen LogP contribution in [0.4, 0.5) is 21.5 Å². The van der Waals surface area contributed by atoms with Crippen LogP contribution >= 0.6 is 11.6 Å². The first-order valence-corrected chi connectivity index (χ1v) is 5.96. The zero-order valence-corrected chi connectivity index (χ0v) is 10.5. The smallest absolute Gasteiger partial charge is 0.146 e. The standard InChI is InChI=1S/C13H10ClFN4/c14-8-1-2-9(15)12(4-8)18-13-5-11-7(3-10(13)16)6-17-19-11/h1-6,18H,16H2,(H,17,19). The van der Waals surface area contributed by atoms with Crippen LogP contribution in [0.3, 0.4) is 0 Å². The number of nitrogens with zero attached hydrogens (tertiary/aromatic N) is 1. The van der Waals surface area contributed by atoms with Gasteiger partial charge in [0.1, 0.15) is 5.82 Å². The largest absolute Gasteiger partial charge is 0.397 e. The van der Waals surface area contributed by atoms with Gasteiger partial charge in [-0.2, -0.15) is 5.10 Å². The third-order valence-corrected chi connectivity index (χ3v) is 3.04. The number of rotatable bonds is 2. The number of hydrogen-bond acceptors (Lipinski definition) is 3. The van der Waals surface area contributed by atoms with Gasteiger partial charge in [0.15, 0.2) is 0 Å². The van der Waals surface area contributed by atoms with Crippen LogP contribution in [0.5, 0.6) is 0 Å². The summed E-state index contributed by atoms with van der Waals surface area (Å²) in [5.41, 5.74) is 8.12. The van der Waals surface area contributed by atoms with Crippen LogP contribution in [0.25, 0.3) is 10.9 Å². The minimum Gasteiger partial charge on any atom is -0.397 e. The van der Waals surface area contributed by atoms with Gasteiger partial charge in [-0.15, -0.1) is 0 Å². The SMILES string of the molecule is Nc1cc2cn[nH]c2cc1Nc1cc(Cl)ccc1F. The fourth-order valence-corrected chi connectivity index (χ4v) is 2.03. The summed E-state index contributed by atoms with van der Waals surface area (Å²) in [6.07, 6.45) is 1.68. The van der Waals surface area contributed by atoms with Crippen molar-refractivity contribution in [1.29, 1.82) is 0 Å². The summed E-state index contributed by atoms with van der Waals surface area (Å²) < 4.78 is 13.7. The molecule has 0 aliphatic carbocycles. The van der Waals surface area contributed by atoms with Crippen molar-refractivity contribution in [2.24, 2.45) is 0 Å². The quantitative estimate of drug-likeness (QED) is 0.626. The van der Waals surface area contributed by atoms with Gasteiger partial charge in [-0.25, -0.2) is 4.39 Å². The Hall–Kier alpha value is -2.27. The average Bonchev–Trinajstić information content (AvgIpc) is 2.81. The summed E-state index contributed by atoms with van der Waals surface area (Å²) in [5, 5.41) is 11.0. The molecular weight excluding hydrogens is 267 g/mol. The highest BCUT2D eigenvalue weighted by atomic mass is 35.5. The van der Waals surface area contributed by atoms with E-state index in [-0.39, 0.29) is 5.69 Å². The maximum Gasteiger partial charge on any atom is 0.146 e. The minimum atomic E-state index is -0.395. The van der Waals surface area contributed by atoms with Crippen molar-refractivity contribution in [2.45, 2.75) is 0 Å². The Morgan fingerprint density at radius 1 is 1.21 bits per heavy atom. The van der Waals surface area contributed by atoms with Crippen molar-refractivity contribution >= 4 is 39.6 Å². The van der Waals surface area contributed by atoms with Crippen LogP contribution in [-0.4, -0.2) is 10.2 Å². The van der Waals surface area contributed by atoms with Crippen LogP contribution in [0.15, 0.2) is 36.5 Å². The molecule has 0 saturated heterocycles. The van der Waals surface area contributed by atoms with E-state index in [0.717, 1.165) is 10.9 Å². The normalized spacial score (nSPS) is 10.8. The molecule has 2 aromatic carbocycles. The number of nitrogens with two attached hydrogens (primary N) is 1. The van der Waals surface area contributed by atoms with Crippen LogP contribution in [-0.2, 0) is 0 Å². The molecule has 4 nitrogen and oxygen atoms in total. The Kier molecular flexibility index (Phi) is 2.76. The van der Waals surface area contributed by atoms with E-state index >= 15 is 0 Å². The number of aromatic amines is 1. The zero-order chi connectivity index (χ0) is 13.4. The molecule has 0 amide bonds. The Morgan fingerprint density at radius 2 is 2.05 bits per heavy atom. The lowest BCUT2D eigenvalue weighted by Crippen LogP contribution is -1.98. The molecular formula is C13H10ClFN4. The Labute approximate surface area is 113 Å². The van der Waals surface area contributed by atoms with Crippen LogP contribution < -0.4 is 11.1 Å². The molecule has 0 saturated carbocycles. The molecule has 4 N–H and O–H groups in total. The number of nitrogens with one attached hydrogen (secondary N) is 2. The van der Waals surface area contributed by atoms with Crippen molar-refractivity contribution in [3.8, 4) is 0 Å². The van der Waals surface area contributed by atoms with Crippen molar-refractivity contribution < 1.29 is 4.39 Å². The number of hydrogen-bond donors (Lipinski definition) is 3. The average molecular weight is 277 g/mol. The topological polar surface area (TPSA) is 66.7 Å². The molecule has 19 heavy (non-hydrogen) atoms. The number of halogens is 2. The number of nitrogen functional groups attached to an aromatic ring is 1. The second-order valence-corrected chi connectivity index (χ2v) is 4.58. The molecule has 0 atom stereocenters. The van der Waals surface area contributed by atoms with Gasteiger partial charge in [0.25, 0.3) is 0 Å². The number of aromatic nitrogens is 2. The Morgan fingerprint density at radius 3 is 2.89 bits per heavy atom. The first-order valence-electron chi connectivity index (χ1n) is 5.58. The van der Waals surface area contributed by atoms with Gasteiger partial charge in [-0.05, 0) is 30.3 Å². The monoisotopic (exact) mass is 276 g/mol. The fourth-order valence-electron chi connectivity index (χ4n) is 1.86. The van der Waals surface area contributed by atoms with Gasteiger partial charge < -0.3 is 11.1 Å². The van der Waals surface area contributed by atoms with Gasteiger partial charge in [0.2, 0.25) is 0 Å². The molecule has 3 rings (SSSR count). The van der Waals surface area contributed by atoms with E-state index in [9.17, 15) is 4.39 Å². The number of benzene rings is 2. The molecule has 0 fully saturated rings. The zero-order valence-electron chi connectivity index (χ0n) is 9.74. The minimum absolute atomic E-state index is 0.276. The number of anilines is 3. The molecule has 6 heteroatoms. The molecule has 0 aliphatic heterocycles. The van der Waals surface area contributed by atoms with Crippen LogP contribution in [0.1, 0.15) is 0 Å². The van der Waals surface area contributed by atoms with E-state index in [4.69, 9.17) is 17.3 Å². The van der Waals surface area contributed by atoms with Crippen molar-refractivity contribution in [1.82, 2.24) is 10.2 Å². The third-order valence-electron chi connectivity index (χ3n) is 2.81. The van der Waals surface area contributed by atoms with Crippen molar-refractivity contribution in [3.63, 3.8) is 0 Å². The van der Waals surface area contributed by atoms with Gasteiger partial charge in [-0.1, -0.05) is 11.6 Å². The summed E-state index contributed by atoms with van der Waals surface area (Å²) in [7, 11) is 0. The van der Waals surface area contributed by atoms with Gasteiger partial charge >= 0.3 is 0 Å². The van der Waals surface area contributed by atoms with Gasteiger partial charge in [0.05, 0.1) is 28.8 Å². The first-order chi connectivity index (χ1) is 9.13. The molecule has 3 aromatic rings. The van der Waals surface area contributed by atoms with Gasteiger partial charge in [0, 0.05) is 10.4 Å². The lowest BCUT2D eigenvalue weighted by Gasteiger charge is -2.10. The van der Waals surface area contributed by atoms with Crippen molar-refractivity contribution in [2.75, 3.05) is 11.1 Å². The summed E-state index contributed by atoms with van der Waals surface area (Å²) in [5.74, 6) is -0.395. The predicted octanol–water partition coefficient (Wildman–Crippen LogP) is 3.68. The molecule has 0 aliphatic rings. The second kappa shape index (κ2) is 4.44. The van der Waals surface area contributed by atoms with E-state index in [1.807, 2.05) is 0 Å². The lowest BCUT2D eigenvalue weighted by molar-refractivity contribution is 0.632. The fraction of sp³-hybridized carbons (Fsp3) is 0. The predicted molar refractivity (Wildman–Crippen MR) is 75.2 cm³/mol. The van der Waals surface area contributed by atoms with E-state index in [0.29, 0.717) is 16.4 Å². The number of H-pyrrole nitrogens is 1. The molecule has 0 unspecified atom stereocenters. The van der Waals surface area contributed by atoms with E-state index in [1.165, 1.54) is 18.2 Å². The molecule has 0 bridgehead atoms. The highest BCUT2D eigenvalue weighted by Gasteiger charge is 2.07. The Bertz CT molecular complexity index is 753. The molecule has 96 valence electrons. The summed E-state index contributed by atoms with van der Waals surface area (Å²) in [6, 6.07) is 7.84. The second-order valence-electron chi connectivity index (χ2n) is 4.15. The summed E-state index contributed by atoms with van der Waals surface area (Å²) in [6.45, 7) is 0. The van der Waals surface area contributed by atoms with Crippen LogP contribution in [0, 0.1) is 5.82 Å². The van der Waals surface area contributed by atoms with Crippen molar-refractivity contribution in [3.05, 3.63) is 47.4 Å². The maximum absolute atomic E-state index is 13.7. The van der Waals surface area contributed by atoms with Crippen LogP contribution in [0.2, 0.25) is 5.02 Å². The highest BCUT2D eigenvalue weighted by molar-refractivity contribution is 6.30. The molecule has 1 heterocycles. The number of fused-ring (bicyclic) bond motifs is 1. The Balaban J connectivity index is 2.04. The third kappa shape index (κ3) is 2.20. The van der Waals surface area contributed by atoms with E-state index < -0.39 is 5.82 Å². The highest BCUT2D eigenvalue weighted by Crippen LogP contribution is 2.29. The molecule has 1 aromatic heterocycles. The lowest BCUT2D eigenvalue weighted by atomic mass is 10.2. The maximum atomic E-state index is 13.7.